The van der Waals surface area contributed by atoms with Crippen LogP contribution in [0.15, 0.2) is 4.99 Å². The molecule has 0 aromatic heterocycles. The summed E-state index contributed by atoms with van der Waals surface area (Å²) in [5.41, 5.74) is 0. The van der Waals surface area contributed by atoms with Gasteiger partial charge in [0.15, 0.2) is 0 Å². The van der Waals surface area contributed by atoms with E-state index in [1.165, 1.54) is 0 Å². The molecule has 0 aromatic carbocycles. The summed E-state index contributed by atoms with van der Waals surface area (Å²) < 4.78 is 0. The topological polar surface area (TPSA) is 56.1 Å². The molecule has 0 saturated heterocycles. The Morgan fingerprint density at radius 3 is 2.83 bits per heavy atom. The first kappa shape index (κ1) is 9.48. The molecule has 4 heteroatoms. The minimum atomic E-state index is -0.653. The van der Waals surface area contributed by atoms with E-state index in [0.29, 0.717) is 0 Å². The van der Waals surface area contributed by atoms with Crippen molar-refractivity contribution in [1.82, 2.24) is 4.90 Å². The van der Waals surface area contributed by atoms with Crippen LogP contribution >= 0.6 is 0 Å². The predicted molar refractivity (Wildman–Crippen MR) is 47.2 cm³/mol. The van der Waals surface area contributed by atoms with Gasteiger partial charge in [0.05, 0.1) is 31.6 Å². The van der Waals surface area contributed by atoms with E-state index < -0.39 is 6.10 Å². The molecule has 0 spiro atoms. The Bertz CT molecular complexity index is 161. The maximum Gasteiger partial charge on any atom is 0.0973 e. The van der Waals surface area contributed by atoms with Gasteiger partial charge in [-0.1, -0.05) is 6.92 Å². The van der Waals surface area contributed by atoms with E-state index in [2.05, 4.69) is 4.99 Å². The third-order valence-corrected chi connectivity index (χ3v) is 2.19. The molecular formula is C8H16N2O2. The average Bonchev–Trinajstić information content (AvgIpc) is 2.58. The molecule has 0 amide bonds. The Morgan fingerprint density at radius 2 is 2.42 bits per heavy atom. The third kappa shape index (κ3) is 1.95. The lowest BCUT2D eigenvalue weighted by atomic mass is 10.1. The smallest absolute Gasteiger partial charge is 0.0973 e. The minimum Gasteiger partial charge on any atom is -0.394 e. The fraction of sp³-hybridized carbons (Fsp3) is 0.875. The largest absolute Gasteiger partial charge is 0.394 e. The lowest BCUT2D eigenvalue weighted by molar-refractivity contribution is 0.0366. The molecule has 12 heavy (non-hydrogen) atoms. The average molecular weight is 172 g/mol. The van der Waals surface area contributed by atoms with Crippen molar-refractivity contribution in [2.45, 2.75) is 25.5 Å². The quantitative estimate of drug-likeness (QED) is 0.599. The van der Waals surface area contributed by atoms with Crippen LogP contribution in [0.5, 0.6) is 0 Å². The molecule has 0 fully saturated rings. The van der Waals surface area contributed by atoms with E-state index in [1.54, 1.807) is 6.34 Å². The Labute approximate surface area is 72.5 Å². The number of hydrogen-bond acceptors (Lipinski definition) is 4. The zero-order valence-corrected chi connectivity index (χ0v) is 7.35. The van der Waals surface area contributed by atoms with Gasteiger partial charge in [-0.3, -0.25) is 4.99 Å². The molecule has 1 aliphatic heterocycles. The normalized spacial score (nSPS) is 21.4. The van der Waals surface area contributed by atoms with E-state index >= 15 is 0 Å². The van der Waals surface area contributed by atoms with E-state index in [1.807, 2.05) is 11.8 Å². The second kappa shape index (κ2) is 4.42. The lowest BCUT2D eigenvalue weighted by Gasteiger charge is -2.28. The highest BCUT2D eigenvalue weighted by molar-refractivity contribution is 5.57. The number of aliphatic imine (C=N–C) groups is 1. The van der Waals surface area contributed by atoms with Gasteiger partial charge in [0.1, 0.15) is 0 Å². The number of hydrogen-bond donors (Lipinski definition) is 2. The molecule has 1 aliphatic rings. The van der Waals surface area contributed by atoms with Crippen LogP contribution in [-0.2, 0) is 0 Å². The van der Waals surface area contributed by atoms with E-state index in [-0.39, 0.29) is 12.6 Å². The van der Waals surface area contributed by atoms with Gasteiger partial charge in [-0.05, 0) is 6.42 Å². The van der Waals surface area contributed by atoms with Crippen LogP contribution in [0.3, 0.4) is 0 Å². The zero-order chi connectivity index (χ0) is 8.97. The standard InChI is InChI=1S/C8H16N2O2/c1-2-7(8(12)5-11)10-4-3-9-6-10/h6-8,11-12H,2-5H2,1H3. The summed E-state index contributed by atoms with van der Waals surface area (Å²) in [6.07, 6.45) is 1.93. The monoisotopic (exact) mass is 172 g/mol. The maximum atomic E-state index is 9.42. The van der Waals surface area contributed by atoms with Crippen molar-refractivity contribution in [2.75, 3.05) is 19.7 Å². The van der Waals surface area contributed by atoms with Crippen LogP contribution in [0.4, 0.5) is 0 Å². The van der Waals surface area contributed by atoms with Gasteiger partial charge in [0, 0.05) is 6.54 Å². The summed E-state index contributed by atoms with van der Waals surface area (Å²) in [5, 5.41) is 18.2. The summed E-state index contributed by atoms with van der Waals surface area (Å²) in [4.78, 5) is 6.05. The molecular weight excluding hydrogens is 156 g/mol. The Hall–Kier alpha value is -0.610. The Kier molecular flexibility index (Phi) is 3.49. The van der Waals surface area contributed by atoms with Crippen molar-refractivity contribution in [2.24, 2.45) is 4.99 Å². The van der Waals surface area contributed by atoms with E-state index in [4.69, 9.17) is 5.11 Å². The fourth-order valence-corrected chi connectivity index (χ4v) is 1.49. The number of aliphatic hydroxyl groups excluding tert-OH is 2. The van der Waals surface area contributed by atoms with Crippen molar-refractivity contribution < 1.29 is 10.2 Å². The fourth-order valence-electron chi connectivity index (χ4n) is 1.49. The van der Waals surface area contributed by atoms with Crippen LogP contribution < -0.4 is 0 Å². The van der Waals surface area contributed by atoms with Gasteiger partial charge >= 0.3 is 0 Å². The second-order valence-electron chi connectivity index (χ2n) is 2.98. The first-order valence-electron chi connectivity index (χ1n) is 4.34. The molecule has 0 aliphatic carbocycles. The SMILES string of the molecule is CCC(C(O)CO)N1C=NCC1. The summed E-state index contributed by atoms with van der Waals surface area (Å²) in [7, 11) is 0. The first-order chi connectivity index (χ1) is 5.79. The van der Waals surface area contributed by atoms with Crippen LogP contribution in [0.25, 0.3) is 0 Å². The molecule has 4 nitrogen and oxygen atoms in total. The summed E-state index contributed by atoms with van der Waals surface area (Å²) in [6, 6.07) is 0.0150. The van der Waals surface area contributed by atoms with Crippen LogP contribution in [0.2, 0.25) is 0 Å². The molecule has 1 rings (SSSR count). The molecule has 0 radical (unpaired) electrons. The molecule has 1 heterocycles. The third-order valence-electron chi connectivity index (χ3n) is 2.19. The van der Waals surface area contributed by atoms with Gasteiger partial charge in [-0.25, -0.2) is 0 Å². The van der Waals surface area contributed by atoms with Crippen molar-refractivity contribution >= 4 is 6.34 Å². The van der Waals surface area contributed by atoms with Gasteiger partial charge in [-0.15, -0.1) is 0 Å². The molecule has 2 unspecified atom stereocenters. The van der Waals surface area contributed by atoms with Crippen molar-refractivity contribution in [1.29, 1.82) is 0 Å². The number of rotatable bonds is 4. The first-order valence-corrected chi connectivity index (χ1v) is 4.34. The van der Waals surface area contributed by atoms with Crippen molar-refractivity contribution in [3.8, 4) is 0 Å². The molecule has 0 saturated carbocycles. The van der Waals surface area contributed by atoms with Gasteiger partial charge in [0.2, 0.25) is 0 Å². The highest BCUT2D eigenvalue weighted by atomic mass is 16.3. The van der Waals surface area contributed by atoms with Crippen LogP contribution in [0, 0.1) is 0 Å². The van der Waals surface area contributed by atoms with Crippen LogP contribution in [0.1, 0.15) is 13.3 Å². The lowest BCUT2D eigenvalue weighted by Crippen LogP contribution is -2.43. The van der Waals surface area contributed by atoms with Crippen molar-refractivity contribution in [3.63, 3.8) is 0 Å². The Balaban J connectivity index is 2.48. The second-order valence-corrected chi connectivity index (χ2v) is 2.98. The van der Waals surface area contributed by atoms with Gasteiger partial charge < -0.3 is 15.1 Å². The van der Waals surface area contributed by atoms with E-state index in [9.17, 15) is 5.11 Å². The van der Waals surface area contributed by atoms with Crippen molar-refractivity contribution in [3.05, 3.63) is 0 Å². The summed E-state index contributed by atoms with van der Waals surface area (Å²) in [6.45, 7) is 3.47. The van der Waals surface area contributed by atoms with Gasteiger partial charge in [0.25, 0.3) is 0 Å². The van der Waals surface area contributed by atoms with Crippen LogP contribution in [-0.4, -0.2) is 53.3 Å². The number of nitrogens with zero attached hydrogens (tertiary/aromatic N) is 2. The molecule has 2 atom stereocenters. The molecule has 0 aromatic rings. The zero-order valence-electron chi connectivity index (χ0n) is 7.35. The maximum absolute atomic E-state index is 9.42. The highest BCUT2D eigenvalue weighted by Crippen LogP contribution is 2.09. The highest BCUT2D eigenvalue weighted by Gasteiger charge is 2.23. The molecule has 70 valence electrons. The van der Waals surface area contributed by atoms with E-state index in [0.717, 1.165) is 19.5 Å². The number of aliphatic hydroxyl groups is 2. The molecule has 2 N–H and O–H groups in total. The molecule has 0 bridgehead atoms. The summed E-state index contributed by atoms with van der Waals surface area (Å²) >= 11 is 0. The predicted octanol–water partition coefficient (Wildman–Crippen LogP) is -0.538. The van der Waals surface area contributed by atoms with Gasteiger partial charge in [-0.2, -0.15) is 0 Å². The Morgan fingerprint density at radius 1 is 1.67 bits per heavy atom. The summed E-state index contributed by atoms with van der Waals surface area (Å²) in [5.74, 6) is 0. The minimum absolute atomic E-state index is 0.0150.